The van der Waals surface area contributed by atoms with Crippen molar-refractivity contribution in [3.8, 4) is 5.75 Å². The lowest BCUT2D eigenvalue weighted by molar-refractivity contribution is 0.0311. The number of hydrogen-bond donors (Lipinski definition) is 3. The van der Waals surface area contributed by atoms with Crippen molar-refractivity contribution in [1.82, 2.24) is 15.5 Å². The molecular weight excluding hydrogens is 320 g/mol. The number of ether oxygens (including phenoxy) is 3. The molecule has 2 aromatic rings. The quantitative estimate of drug-likeness (QED) is 0.477. The SMILES string of the molecule is CCOC(Nc1n[nH]c2ccc(OCCOC)cc12)[C@@H]1CCCNC1. The van der Waals surface area contributed by atoms with Crippen LogP contribution in [0.5, 0.6) is 5.75 Å². The second-order valence-corrected chi connectivity index (χ2v) is 6.25. The van der Waals surface area contributed by atoms with E-state index in [2.05, 4.69) is 20.8 Å². The molecule has 2 atom stereocenters. The monoisotopic (exact) mass is 348 g/mol. The Morgan fingerprint density at radius 2 is 2.28 bits per heavy atom. The molecule has 1 saturated heterocycles. The minimum Gasteiger partial charge on any atom is -0.491 e. The molecule has 25 heavy (non-hydrogen) atoms. The van der Waals surface area contributed by atoms with Gasteiger partial charge in [0.05, 0.1) is 12.1 Å². The molecule has 0 radical (unpaired) electrons. The Balaban J connectivity index is 1.75. The highest BCUT2D eigenvalue weighted by Gasteiger charge is 2.25. The summed E-state index contributed by atoms with van der Waals surface area (Å²) in [5.41, 5.74) is 0.971. The van der Waals surface area contributed by atoms with E-state index in [1.165, 1.54) is 6.42 Å². The van der Waals surface area contributed by atoms with E-state index in [1.807, 2.05) is 25.1 Å². The van der Waals surface area contributed by atoms with E-state index in [1.54, 1.807) is 7.11 Å². The van der Waals surface area contributed by atoms with Crippen LogP contribution in [0.4, 0.5) is 5.82 Å². The van der Waals surface area contributed by atoms with Crippen molar-refractivity contribution in [2.24, 2.45) is 5.92 Å². The Labute approximate surface area is 148 Å². The van der Waals surface area contributed by atoms with Gasteiger partial charge in [0.2, 0.25) is 0 Å². The van der Waals surface area contributed by atoms with E-state index in [4.69, 9.17) is 14.2 Å². The molecule has 3 rings (SSSR count). The van der Waals surface area contributed by atoms with Crippen molar-refractivity contribution in [2.75, 3.05) is 45.3 Å². The number of aromatic amines is 1. The lowest BCUT2D eigenvalue weighted by atomic mass is 9.97. The van der Waals surface area contributed by atoms with E-state index < -0.39 is 0 Å². The van der Waals surface area contributed by atoms with Crippen LogP contribution < -0.4 is 15.4 Å². The minimum atomic E-state index is -0.0534. The van der Waals surface area contributed by atoms with E-state index in [-0.39, 0.29) is 6.23 Å². The van der Waals surface area contributed by atoms with Gasteiger partial charge in [-0.25, -0.2) is 0 Å². The highest BCUT2D eigenvalue weighted by atomic mass is 16.5. The molecule has 3 N–H and O–H groups in total. The predicted octanol–water partition coefficient (Wildman–Crippen LogP) is 2.36. The van der Waals surface area contributed by atoms with Gasteiger partial charge in [-0.15, -0.1) is 0 Å². The second-order valence-electron chi connectivity index (χ2n) is 6.25. The van der Waals surface area contributed by atoms with Crippen molar-refractivity contribution in [2.45, 2.75) is 26.0 Å². The molecule has 0 saturated carbocycles. The van der Waals surface area contributed by atoms with Gasteiger partial charge in [-0.3, -0.25) is 5.10 Å². The average Bonchev–Trinajstić information content (AvgIpc) is 3.05. The van der Waals surface area contributed by atoms with Gasteiger partial charge in [0, 0.05) is 31.6 Å². The fraction of sp³-hybridized carbons (Fsp3) is 0.611. The Hall–Kier alpha value is -1.83. The maximum absolute atomic E-state index is 5.96. The Bertz CT molecular complexity index is 655. The Kier molecular flexibility index (Phi) is 6.49. The zero-order chi connectivity index (χ0) is 17.5. The fourth-order valence-corrected chi connectivity index (χ4v) is 3.18. The molecule has 1 aromatic heterocycles. The maximum Gasteiger partial charge on any atom is 0.157 e. The van der Waals surface area contributed by atoms with Crippen molar-refractivity contribution >= 4 is 16.7 Å². The number of nitrogens with zero attached hydrogens (tertiary/aromatic N) is 1. The van der Waals surface area contributed by atoms with Crippen LogP contribution in [0.3, 0.4) is 0 Å². The van der Waals surface area contributed by atoms with Crippen LogP contribution in [0, 0.1) is 5.92 Å². The van der Waals surface area contributed by atoms with E-state index in [0.29, 0.717) is 25.7 Å². The first kappa shape index (κ1) is 18.0. The third-order valence-electron chi connectivity index (χ3n) is 4.48. The molecule has 1 aliphatic rings. The molecule has 0 spiro atoms. The van der Waals surface area contributed by atoms with Crippen LogP contribution in [0.2, 0.25) is 0 Å². The van der Waals surface area contributed by atoms with E-state index in [0.717, 1.165) is 42.0 Å². The summed E-state index contributed by atoms with van der Waals surface area (Å²) >= 11 is 0. The van der Waals surface area contributed by atoms with Gasteiger partial charge in [0.1, 0.15) is 18.6 Å². The van der Waals surface area contributed by atoms with Crippen LogP contribution in [-0.2, 0) is 9.47 Å². The van der Waals surface area contributed by atoms with Gasteiger partial charge < -0.3 is 24.8 Å². The standard InChI is InChI=1S/C18H28N4O3/c1-3-24-18(13-5-4-8-19-12-13)20-17-15-11-14(25-10-9-23-2)6-7-16(15)21-22-17/h6-7,11,13,18-19H,3-5,8-10,12H2,1-2H3,(H2,20,21,22)/t13-,18?/m1/s1. The van der Waals surface area contributed by atoms with Gasteiger partial charge in [-0.2, -0.15) is 5.10 Å². The van der Waals surface area contributed by atoms with Crippen molar-refractivity contribution in [3.63, 3.8) is 0 Å². The molecule has 7 nitrogen and oxygen atoms in total. The Morgan fingerprint density at radius 3 is 3.04 bits per heavy atom. The number of hydrogen-bond acceptors (Lipinski definition) is 6. The largest absolute Gasteiger partial charge is 0.491 e. The summed E-state index contributed by atoms with van der Waals surface area (Å²) in [6.45, 7) is 5.83. The van der Waals surface area contributed by atoms with Gasteiger partial charge in [-0.1, -0.05) is 0 Å². The molecule has 1 aromatic carbocycles. The summed E-state index contributed by atoms with van der Waals surface area (Å²) in [4.78, 5) is 0. The third-order valence-corrected chi connectivity index (χ3v) is 4.48. The summed E-state index contributed by atoms with van der Waals surface area (Å²) in [6, 6.07) is 5.91. The minimum absolute atomic E-state index is 0.0534. The molecule has 138 valence electrons. The Morgan fingerprint density at radius 1 is 1.36 bits per heavy atom. The van der Waals surface area contributed by atoms with Gasteiger partial charge in [0.25, 0.3) is 0 Å². The summed E-state index contributed by atoms with van der Waals surface area (Å²) < 4.78 is 16.7. The van der Waals surface area contributed by atoms with Crippen LogP contribution in [-0.4, -0.2) is 56.4 Å². The zero-order valence-corrected chi connectivity index (χ0v) is 15.0. The first-order valence-corrected chi connectivity index (χ1v) is 9.00. The number of fused-ring (bicyclic) bond motifs is 1. The highest BCUT2D eigenvalue weighted by molar-refractivity contribution is 5.90. The van der Waals surface area contributed by atoms with Crippen LogP contribution >= 0.6 is 0 Å². The molecular formula is C18H28N4O3. The first-order valence-electron chi connectivity index (χ1n) is 9.00. The lowest BCUT2D eigenvalue weighted by Crippen LogP contribution is -2.42. The topological polar surface area (TPSA) is 80.4 Å². The summed E-state index contributed by atoms with van der Waals surface area (Å²) in [6.07, 6.45) is 2.27. The summed E-state index contributed by atoms with van der Waals surface area (Å²) in [5, 5.41) is 15.4. The smallest absolute Gasteiger partial charge is 0.157 e. The molecule has 0 amide bonds. The number of aromatic nitrogens is 2. The molecule has 0 aliphatic carbocycles. The number of benzene rings is 1. The number of H-pyrrole nitrogens is 1. The molecule has 2 heterocycles. The van der Waals surface area contributed by atoms with Crippen LogP contribution in [0.25, 0.3) is 10.9 Å². The van der Waals surface area contributed by atoms with Crippen LogP contribution in [0.1, 0.15) is 19.8 Å². The second kappa shape index (κ2) is 9.03. The van der Waals surface area contributed by atoms with Crippen molar-refractivity contribution in [1.29, 1.82) is 0 Å². The van der Waals surface area contributed by atoms with Gasteiger partial charge in [-0.05, 0) is 44.5 Å². The third kappa shape index (κ3) is 4.62. The number of piperidine rings is 1. The van der Waals surface area contributed by atoms with E-state index >= 15 is 0 Å². The number of nitrogens with one attached hydrogen (secondary N) is 3. The highest BCUT2D eigenvalue weighted by Crippen LogP contribution is 2.27. The molecule has 0 bridgehead atoms. The maximum atomic E-state index is 5.96. The molecule has 1 unspecified atom stereocenters. The van der Waals surface area contributed by atoms with E-state index in [9.17, 15) is 0 Å². The number of methoxy groups -OCH3 is 1. The van der Waals surface area contributed by atoms with Crippen molar-refractivity contribution < 1.29 is 14.2 Å². The molecule has 7 heteroatoms. The van der Waals surface area contributed by atoms with Gasteiger partial charge in [0.15, 0.2) is 5.82 Å². The molecule has 1 fully saturated rings. The lowest BCUT2D eigenvalue weighted by Gasteiger charge is -2.31. The predicted molar refractivity (Wildman–Crippen MR) is 98.1 cm³/mol. The average molecular weight is 348 g/mol. The summed E-state index contributed by atoms with van der Waals surface area (Å²) in [5.74, 6) is 2.04. The number of rotatable bonds is 9. The first-order chi connectivity index (χ1) is 12.3. The fourth-order valence-electron chi connectivity index (χ4n) is 3.18. The number of anilines is 1. The van der Waals surface area contributed by atoms with Gasteiger partial charge >= 0.3 is 0 Å². The summed E-state index contributed by atoms with van der Waals surface area (Å²) in [7, 11) is 1.67. The molecule has 1 aliphatic heterocycles. The van der Waals surface area contributed by atoms with Crippen molar-refractivity contribution in [3.05, 3.63) is 18.2 Å². The zero-order valence-electron chi connectivity index (χ0n) is 15.0. The normalized spacial score (nSPS) is 19.0. The van der Waals surface area contributed by atoms with Crippen LogP contribution in [0.15, 0.2) is 18.2 Å².